The Kier molecular flexibility index (Phi) is 6.68. The van der Waals surface area contributed by atoms with E-state index in [4.69, 9.17) is 9.90 Å². The van der Waals surface area contributed by atoms with Crippen LogP contribution in [0.4, 0.5) is 5.69 Å². The molecule has 9 nitrogen and oxygen atoms in total. The lowest BCUT2D eigenvalue weighted by molar-refractivity contribution is -0.122. The van der Waals surface area contributed by atoms with Gasteiger partial charge in [0.2, 0.25) is 0 Å². The summed E-state index contributed by atoms with van der Waals surface area (Å²) in [6.07, 6.45) is 3.59. The van der Waals surface area contributed by atoms with Crippen molar-refractivity contribution in [3.8, 4) is 0 Å². The molecule has 1 aliphatic heterocycles. The topological polar surface area (TPSA) is 109 Å². The number of benzene rings is 1. The second kappa shape index (κ2) is 9.23. The number of carbonyl (C=O) groups is 1. The van der Waals surface area contributed by atoms with Crippen molar-refractivity contribution >= 4 is 33.1 Å². The Morgan fingerprint density at radius 3 is 2.47 bits per heavy atom. The maximum Gasteiger partial charge on any atom is 0.290 e. The molecular weight excluding hydrogens is 406 g/mol. The summed E-state index contributed by atoms with van der Waals surface area (Å²) in [5.41, 5.74) is 2.43. The van der Waals surface area contributed by atoms with Crippen LogP contribution in [0.3, 0.4) is 0 Å². The average molecular weight is 432 g/mol. The third kappa shape index (κ3) is 4.29. The van der Waals surface area contributed by atoms with Crippen LogP contribution in [0.15, 0.2) is 47.6 Å². The van der Waals surface area contributed by atoms with Crippen molar-refractivity contribution in [2.45, 2.75) is 18.2 Å². The van der Waals surface area contributed by atoms with Crippen LogP contribution in [0.1, 0.15) is 12.6 Å². The average Bonchev–Trinajstić information content (AvgIpc) is 3.14. The van der Waals surface area contributed by atoms with E-state index < -0.39 is 10.0 Å². The molecule has 30 heavy (non-hydrogen) atoms. The molecule has 3 aromatic rings. The van der Waals surface area contributed by atoms with Crippen molar-refractivity contribution < 1.29 is 18.3 Å². The molecule has 160 valence electrons. The van der Waals surface area contributed by atoms with Gasteiger partial charge in [0.25, 0.3) is 16.5 Å². The lowest BCUT2D eigenvalue weighted by atomic mass is 10.1. The summed E-state index contributed by atoms with van der Waals surface area (Å²) in [5, 5.41) is 12.2. The fourth-order valence-corrected chi connectivity index (χ4v) is 4.71. The number of fused-ring (bicyclic) bond motifs is 1. The summed E-state index contributed by atoms with van der Waals surface area (Å²) in [4.78, 5) is 17.0. The van der Waals surface area contributed by atoms with Gasteiger partial charge in [0, 0.05) is 49.6 Å². The summed E-state index contributed by atoms with van der Waals surface area (Å²) in [5.74, 6) is 0. The van der Waals surface area contributed by atoms with Crippen molar-refractivity contribution in [3.63, 3.8) is 0 Å². The highest BCUT2D eigenvalue weighted by Gasteiger charge is 2.24. The van der Waals surface area contributed by atoms with Crippen molar-refractivity contribution in [1.82, 2.24) is 19.1 Å². The highest BCUT2D eigenvalue weighted by atomic mass is 32.2. The zero-order chi connectivity index (χ0) is 21.7. The van der Waals surface area contributed by atoms with E-state index in [0.29, 0.717) is 11.9 Å². The van der Waals surface area contributed by atoms with Gasteiger partial charge < -0.3 is 14.9 Å². The number of rotatable bonds is 4. The summed E-state index contributed by atoms with van der Waals surface area (Å²) in [7, 11) is -1.68. The highest BCUT2D eigenvalue weighted by Crippen LogP contribution is 2.28. The molecule has 1 N–H and O–H groups in total. The van der Waals surface area contributed by atoms with E-state index in [1.165, 1.54) is 6.20 Å². The number of hydrogen-bond donors (Lipinski definition) is 1. The molecule has 1 saturated heterocycles. The SMILES string of the molecule is CCc1nn(S(=O)(=O)c2cccnc2)c2cc(N3CCN(C)CC3)ccc12.O=CO. The number of aromatic nitrogens is 3. The maximum atomic E-state index is 13.1. The fourth-order valence-electron chi connectivity index (χ4n) is 3.44. The molecule has 0 radical (unpaired) electrons. The van der Waals surface area contributed by atoms with E-state index in [1.807, 2.05) is 19.1 Å². The molecule has 0 bridgehead atoms. The molecule has 0 saturated carbocycles. The molecule has 0 amide bonds. The zero-order valence-corrected chi connectivity index (χ0v) is 17.8. The number of likely N-dealkylation sites (N-methyl/N-ethyl adjacent to an activating group) is 1. The number of anilines is 1. The van der Waals surface area contributed by atoms with Gasteiger partial charge in [0.05, 0.1) is 11.2 Å². The van der Waals surface area contributed by atoms with E-state index in [-0.39, 0.29) is 11.4 Å². The molecule has 1 aromatic carbocycles. The number of nitrogens with zero attached hydrogens (tertiary/aromatic N) is 5. The largest absolute Gasteiger partial charge is 0.483 e. The minimum Gasteiger partial charge on any atom is -0.483 e. The molecule has 3 heterocycles. The summed E-state index contributed by atoms with van der Waals surface area (Å²) >= 11 is 0. The Bertz CT molecular complexity index is 1110. The quantitative estimate of drug-likeness (QED) is 0.622. The molecule has 4 rings (SSSR count). The number of piperazine rings is 1. The van der Waals surface area contributed by atoms with Crippen molar-refractivity contribution in [3.05, 3.63) is 48.4 Å². The third-order valence-corrected chi connectivity index (χ3v) is 6.64. The molecule has 0 unspecified atom stereocenters. The normalized spacial score (nSPS) is 14.9. The second-order valence-corrected chi connectivity index (χ2v) is 8.70. The lowest BCUT2D eigenvalue weighted by Gasteiger charge is -2.34. The molecule has 1 fully saturated rings. The van der Waals surface area contributed by atoms with Crippen LogP contribution in [-0.2, 0) is 21.2 Å². The molecular formula is C20H25N5O4S. The number of hydrogen-bond acceptors (Lipinski definition) is 7. The van der Waals surface area contributed by atoms with Crippen LogP contribution >= 0.6 is 0 Å². The van der Waals surface area contributed by atoms with Crippen molar-refractivity contribution in [2.75, 3.05) is 38.1 Å². The minimum absolute atomic E-state index is 0.141. The van der Waals surface area contributed by atoms with Gasteiger partial charge in [-0.05, 0) is 43.8 Å². The molecule has 10 heteroatoms. The summed E-state index contributed by atoms with van der Waals surface area (Å²) in [6.45, 7) is 5.56. The van der Waals surface area contributed by atoms with E-state index >= 15 is 0 Å². The molecule has 1 aliphatic rings. The van der Waals surface area contributed by atoms with E-state index in [0.717, 1.165) is 47.0 Å². The Morgan fingerprint density at radius 1 is 1.17 bits per heavy atom. The second-order valence-electron chi connectivity index (χ2n) is 6.93. The van der Waals surface area contributed by atoms with Gasteiger partial charge in [-0.15, -0.1) is 0 Å². The Hall–Kier alpha value is -2.98. The van der Waals surface area contributed by atoms with Crippen LogP contribution < -0.4 is 4.90 Å². The van der Waals surface area contributed by atoms with Gasteiger partial charge in [0.1, 0.15) is 4.90 Å². The van der Waals surface area contributed by atoms with Crippen LogP contribution in [0.2, 0.25) is 0 Å². The van der Waals surface area contributed by atoms with Gasteiger partial charge in [-0.1, -0.05) is 6.92 Å². The minimum atomic E-state index is -3.79. The Morgan fingerprint density at radius 2 is 1.87 bits per heavy atom. The number of carboxylic acid groups (broad SMARTS) is 1. The van der Waals surface area contributed by atoms with Gasteiger partial charge >= 0.3 is 0 Å². The molecule has 0 aliphatic carbocycles. The summed E-state index contributed by atoms with van der Waals surface area (Å²) < 4.78 is 27.5. The van der Waals surface area contributed by atoms with Crippen LogP contribution in [0.25, 0.3) is 10.9 Å². The number of pyridine rings is 1. The fraction of sp³-hybridized carbons (Fsp3) is 0.350. The van der Waals surface area contributed by atoms with Crippen LogP contribution in [0.5, 0.6) is 0 Å². The Balaban J connectivity index is 0.000000806. The van der Waals surface area contributed by atoms with E-state index in [2.05, 4.69) is 33.0 Å². The van der Waals surface area contributed by atoms with Crippen LogP contribution in [-0.4, -0.2) is 72.3 Å². The standard InChI is InChI=1S/C19H23N5O2S.CH2O2/c1-3-18-17-7-6-15(23-11-9-22(2)10-12-23)13-19(17)24(21-18)27(25,26)16-5-4-8-20-14-16;2-1-3/h4-8,13-14H,3,9-12H2,1-2H3;1H,(H,2,3). The first-order chi connectivity index (χ1) is 14.4. The first-order valence-corrected chi connectivity index (χ1v) is 11.0. The van der Waals surface area contributed by atoms with Gasteiger partial charge in [-0.25, -0.2) is 0 Å². The maximum absolute atomic E-state index is 13.1. The third-order valence-electron chi connectivity index (χ3n) is 5.07. The number of aryl methyl sites for hydroxylation is 1. The predicted molar refractivity (Wildman–Crippen MR) is 114 cm³/mol. The first kappa shape index (κ1) is 21.7. The van der Waals surface area contributed by atoms with Crippen LogP contribution in [0, 0.1) is 0 Å². The van der Waals surface area contributed by atoms with Gasteiger partial charge in [0.15, 0.2) is 0 Å². The summed E-state index contributed by atoms with van der Waals surface area (Å²) in [6, 6.07) is 9.17. The highest BCUT2D eigenvalue weighted by molar-refractivity contribution is 7.90. The van der Waals surface area contributed by atoms with Crippen molar-refractivity contribution in [2.24, 2.45) is 0 Å². The van der Waals surface area contributed by atoms with E-state index in [1.54, 1.807) is 18.3 Å². The van der Waals surface area contributed by atoms with Crippen molar-refractivity contribution in [1.29, 1.82) is 0 Å². The zero-order valence-electron chi connectivity index (χ0n) is 17.0. The Labute approximate surface area is 175 Å². The molecule has 0 spiro atoms. The molecule has 2 aromatic heterocycles. The smallest absolute Gasteiger partial charge is 0.290 e. The van der Waals surface area contributed by atoms with E-state index in [9.17, 15) is 8.42 Å². The first-order valence-electron chi connectivity index (χ1n) is 9.61. The monoisotopic (exact) mass is 431 g/mol. The van der Waals surface area contributed by atoms with Gasteiger partial charge in [-0.2, -0.15) is 17.6 Å². The predicted octanol–water partition coefficient (Wildman–Crippen LogP) is 1.68. The lowest BCUT2D eigenvalue weighted by Crippen LogP contribution is -2.44. The van der Waals surface area contributed by atoms with Gasteiger partial charge in [-0.3, -0.25) is 9.78 Å². The molecule has 0 atom stereocenters.